The molecule has 0 bridgehead atoms. The quantitative estimate of drug-likeness (QED) is 0.289. The van der Waals surface area contributed by atoms with Gasteiger partial charge in [-0.05, 0) is 5.56 Å². The van der Waals surface area contributed by atoms with E-state index in [9.17, 15) is 19.5 Å². The summed E-state index contributed by atoms with van der Waals surface area (Å²) in [6.07, 6.45) is 0. The third-order valence-electron chi connectivity index (χ3n) is 4.58. The van der Waals surface area contributed by atoms with E-state index < -0.39 is 5.56 Å². The highest BCUT2D eigenvalue weighted by molar-refractivity contribution is 8.02. The number of fused-ring (bicyclic) bond motifs is 1. The van der Waals surface area contributed by atoms with Crippen LogP contribution in [0.15, 0.2) is 75.7 Å². The Morgan fingerprint density at radius 2 is 1.71 bits per heavy atom. The molecule has 6 nitrogen and oxygen atoms in total. The fourth-order valence-corrected chi connectivity index (χ4v) is 5.40. The van der Waals surface area contributed by atoms with Crippen molar-refractivity contribution in [3.8, 4) is 5.75 Å². The van der Waals surface area contributed by atoms with Crippen LogP contribution in [0.3, 0.4) is 0 Å². The van der Waals surface area contributed by atoms with Gasteiger partial charge in [0.1, 0.15) is 5.75 Å². The summed E-state index contributed by atoms with van der Waals surface area (Å²) in [5.41, 5.74) is 1.55. The molecule has 0 saturated carbocycles. The molecule has 0 aliphatic carbocycles. The normalized spacial score (nSPS) is 10.8. The first kappa shape index (κ1) is 20.9. The standard InChI is InChI=1S/C23H18N2O4S2/c26-16-11-18(28)25-20-19(22(29)24-12-14-7-3-1-4-8-14)23(31-21(16)20)30-13-17(27)15-9-5-2-6-10-15/h1-11H,12-13H2,(H,24,29)(H2,25,26,28). The van der Waals surface area contributed by atoms with Crippen LogP contribution in [0, 0.1) is 0 Å². The number of Topliss-reactive ketones (excluding diaryl/α,β-unsaturated/α-hetero) is 1. The molecule has 2 heterocycles. The molecule has 2 aromatic carbocycles. The number of H-pyrrole nitrogens is 1. The fraction of sp³-hybridized carbons (Fsp3) is 0.0870. The maximum absolute atomic E-state index is 13.0. The van der Waals surface area contributed by atoms with Crippen LogP contribution in [-0.4, -0.2) is 27.5 Å². The summed E-state index contributed by atoms with van der Waals surface area (Å²) in [4.78, 5) is 40.1. The molecule has 0 aliphatic rings. The molecule has 4 aromatic rings. The SMILES string of the molecule is O=C(CSc1sc2c(O)cc(=O)[nH]c2c1C(=O)NCc1ccccc1)c1ccccc1. The van der Waals surface area contributed by atoms with Gasteiger partial charge in [0.2, 0.25) is 0 Å². The molecule has 156 valence electrons. The second kappa shape index (κ2) is 9.20. The Hall–Kier alpha value is -3.36. The first-order valence-electron chi connectivity index (χ1n) is 9.45. The highest BCUT2D eigenvalue weighted by Crippen LogP contribution is 2.40. The lowest BCUT2D eigenvalue weighted by molar-refractivity contribution is 0.0949. The lowest BCUT2D eigenvalue weighted by Gasteiger charge is -2.07. The number of carbonyl (C=O) groups excluding carboxylic acids is 2. The fourth-order valence-electron chi connectivity index (χ4n) is 3.07. The summed E-state index contributed by atoms with van der Waals surface area (Å²) in [5, 5.41) is 13.1. The van der Waals surface area contributed by atoms with Gasteiger partial charge in [0.15, 0.2) is 5.78 Å². The van der Waals surface area contributed by atoms with Crippen LogP contribution in [0.25, 0.3) is 10.2 Å². The zero-order valence-electron chi connectivity index (χ0n) is 16.3. The number of pyridine rings is 1. The molecule has 0 saturated heterocycles. The molecule has 4 rings (SSSR count). The van der Waals surface area contributed by atoms with E-state index in [1.54, 1.807) is 24.3 Å². The summed E-state index contributed by atoms with van der Waals surface area (Å²) in [5.74, 6) is -0.523. The van der Waals surface area contributed by atoms with Crippen molar-refractivity contribution in [2.45, 2.75) is 10.8 Å². The number of aromatic hydroxyl groups is 1. The third kappa shape index (κ3) is 4.70. The second-order valence-corrected chi connectivity index (χ2v) is 9.00. The minimum atomic E-state index is -0.503. The molecule has 0 unspecified atom stereocenters. The average Bonchev–Trinajstić information content (AvgIpc) is 3.16. The summed E-state index contributed by atoms with van der Waals surface area (Å²) < 4.78 is 0.959. The van der Waals surface area contributed by atoms with Crippen molar-refractivity contribution in [1.82, 2.24) is 10.3 Å². The highest BCUT2D eigenvalue weighted by Gasteiger charge is 2.23. The van der Waals surface area contributed by atoms with Gasteiger partial charge in [-0.25, -0.2) is 0 Å². The molecular formula is C23H18N2O4S2. The Kier molecular flexibility index (Phi) is 6.20. The summed E-state index contributed by atoms with van der Waals surface area (Å²) in [6, 6.07) is 19.4. The van der Waals surface area contributed by atoms with Crippen LogP contribution in [0.5, 0.6) is 5.75 Å². The Balaban J connectivity index is 1.64. The van der Waals surface area contributed by atoms with Gasteiger partial charge >= 0.3 is 0 Å². The van der Waals surface area contributed by atoms with E-state index in [1.807, 2.05) is 36.4 Å². The van der Waals surface area contributed by atoms with E-state index in [-0.39, 0.29) is 34.3 Å². The number of thiophene rings is 1. The van der Waals surface area contributed by atoms with Gasteiger partial charge < -0.3 is 15.4 Å². The molecular weight excluding hydrogens is 432 g/mol. The minimum Gasteiger partial charge on any atom is -0.506 e. The van der Waals surface area contributed by atoms with E-state index in [0.29, 0.717) is 21.0 Å². The Labute approximate surface area is 185 Å². The van der Waals surface area contributed by atoms with Crippen molar-refractivity contribution >= 4 is 45.0 Å². The summed E-state index contributed by atoms with van der Waals surface area (Å²) >= 11 is 2.39. The molecule has 1 amide bonds. The van der Waals surface area contributed by atoms with Crippen molar-refractivity contribution in [2.75, 3.05) is 5.75 Å². The van der Waals surface area contributed by atoms with Crippen LogP contribution in [0.2, 0.25) is 0 Å². The number of hydrogen-bond donors (Lipinski definition) is 3. The van der Waals surface area contributed by atoms with Crippen LogP contribution in [0.4, 0.5) is 0 Å². The van der Waals surface area contributed by atoms with E-state index in [1.165, 1.54) is 23.1 Å². The van der Waals surface area contributed by atoms with Gasteiger partial charge in [0, 0.05) is 18.2 Å². The monoisotopic (exact) mass is 450 g/mol. The second-order valence-electron chi connectivity index (χ2n) is 6.73. The number of hydrogen-bond acceptors (Lipinski definition) is 6. The Morgan fingerprint density at radius 1 is 1.03 bits per heavy atom. The first-order valence-corrected chi connectivity index (χ1v) is 11.2. The van der Waals surface area contributed by atoms with Crippen molar-refractivity contribution in [2.24, 2.45) is 0 Å². The van der Waals surface area contributed by atoms with E-state index >= 15 is 0 Å². The highest BCUT2D eigenvalue weighted by atomic mass is 32.2. The number of amides is 1. The third-order valence-corrected chi connectivity index (χ3v) is 7.06. The molecule has 8 heteroatoms. The number of thioether (sulfide) groups is 1. The Morgan fingerprint density at radius 3 is 2.42 bits per heavy atom. The van der Waals surface area contributed by atoms with Crippen LogP contribution in [0.1, 0.15) is 26.3 Å². The number of benzene rings is 2. The van der Waals surface area contributed by atoms with Crippen molar-refractivity contribution in [3.63, 3.8) is 0 Å². The van der Waals surface area contributed by atoms with Gasteiger partial charge in [-0.1, -0.05) is 60.7 Å². The largest absolute Gasteiger partial charge is 0.506 e. The maximum Gasteiger partial charge on any atom is 0.255 e. The van der Waals surface area contributed by atoms with Gasteiger partial charge in [-0.2, -0.15) is 0 Å². The van der Waals surface area contributed by atoms with Crippen LogP contribution >= 0.6 is 23.1 Å². The van der Waals surface area contributed by atoms with Crippen LogP contribution in [-0.2, 0) is 6.54 Å². The molecule has 0 spiro atoms. The Bertz CT molecular complexity index is 1300. The molecule has 3 N–H and O–H groups in total. The zero-order chi connectivity index (χ0) is 21.8. The molecule has 0 aliphatic heterocycles. The van der Waals surface area contributed by atoms with E-state index in [2.05, 4.69) is 10.3 Å². The average molecular weight is 451 g/mol. The van der Waals surface area contributed by atoms with Gasteiger partial charge in [-0.3, -0.25) is 14.4 Å². The zero-order valence-corrected chi connectivity index (χ0v) is 17.9. The number of aromatic amines is 1. The molecule has 0 fully saturated rings. The smallest absolute Gasteiger partial charge is 0.255 e. The van der Waals surface area contributed by atoms with E-state index in [4.69, 9.17) is 0 Å². The summed E-state index contributed by atoms with van der Waals surface area (Å²) in [7, 11) is 0. The predicted molar refractivity (Wildman–Crippen MR) is 123 cm³/mol. The molecule has 0 atom stereocenters. The molecule has 0 radical (unpaired) electrons. The predicted octanol–water partition coefficient (Wildman–Crippen LogP) is 4.20. The maximum atomic E-state index is 13.0. The lowest BCUT2D eigenvalue weighted by Crippen LogP contribution is -2.23. The topological polar surface area (TPSA) is 99.3 Å². The van der Waals surface area contributed by atoms with E-state index in [0.717, 1.165) is 11.6 Å². The van der Waals surface area contributed by atoms with Gasteiger partial charge in [-0.15, -0.1) is 23.1 Å². The first-order chi connectivity index (χ1) is 15.0. The van der Waals surface area contributed by atoms with Gasteiger partial charge in [0.25, 0.3) is 11.5 Å². The van der Waals surface area contributed by atoms with Crippen molar-refractivity contribution in [1.29, 1.82) is 0 Å². The number of ketones is 1. The summed E-state index contributed by atoms with van der Waals surface area (Å²) in [6.45, 7) is 0.313. The van der Waals surface area contributed by atoms with Crippen LogP contribution < -0.4 is 10.9 Å². The minimum absolute atomic E-state index is 0.0728. The number of carbonyl (C=O) groups is 2. The number of aromatic nitrogens is 1. The number of nitrogens with one attached hydrogen (secondary N) is 2. The molecule has 31 heavy (non-hydrogen) atoms. The lowest BCUT2D eigenvalue weighted by atomic mass is 10.2. The molecule has 2 aromatic heterocycles. The van der Waals surface area contributed by atoms with Crippen molar-refractivity contribution in [3.05, 3.63) is 93.8 Å². The number of rotatable bonds is 7. The van der Waals surface area contributed by atoms with Gasteiger partial charge in [0.05, 0.1) is 25.7 Å². The van der Waals surface area contributed by atoms with Crippen molar-refractivity contribution < 1.29 is 14.7 Å².